The zero-order valence-corrected chi connectivity index (χ0v) is 15.8. The van der Waals surface area contributed by atoms with E-state index in [9.17, 15) is 24.3 Å². The third kappa shape index (κ3) is 3.22. The number of anilines is 2. The van der Waals surface area contributed by atoms with Crippen molar-refractivity contribution in [3.63, 3.8) is 0 Å². The van der Waals surface area contributed by atoms with E-state index in [1.807, 2.05) is 19.1 Å². The molecule has 3 aromatic carbocycles. The van der Waals surface area contributed by atoms with Crippen molar-refractivity contribution in [2.45, 2.75) is 6.92 Å². The minimum atomic E-state index is -1.44. The Labute approximate surface area is 171 Å². The van der Waals surface area contributed by atoms with E-state index in [-0.39, 0.29) is 33.8 Å². The number of hydrogen-bond acceptors (Lipinski definition) is 5. The van der Waals surface area contributed by atoms with Crippen molar-refractivity contribution in [1.29, 1.82) is 0 Å². The highest BCUT2D eigenvalue weighted by Crippen LogP contribution is 2.30. The molecule has 0 fully saturated rings. The number of hydrogen-bond donors (Lipinski definition) is 1. The summed E-state index contributed by atoms with van der Waals surface area (Å²) < 4.78 is 0. The molecule has 7 heteroatoms. The van der Waals surface area contributed by atoms with E-state index in [1.165, 1.54) is 24.3 Å². The summed E-state index contributed by atoms with van der Waals surface area (Å²) in [4.78, 5) is 50.2. The highest BCUT2D eigenvalue weighted by Gasteiger charge is 2.37. The number of carbonyl (C=O) groups excluding carboxylic acids is 4. The second kappa shape index (κ2) is 7.29. The number of aromatic carboxylic acids is 1. The van der Waals surface area contributed by atoms with E-state index in [4.69, 9.17) is 0 Å². The van der Waals surface area contributed by atoms with Crippen LogP contribution < -0.4 is 15.3 Å². The molecule has 0 saturated heterocycles. The first-order valence-electron chi connectivity index (χ1n) is 9.08. The molecule has 1 aliphatic rings. The number of carboxylic acid groups (broad SMARTS) is 1. The Hall–Kier alpha value is -4.26. The molecule has 3 aromatic rings. The van der Waals surface area contributed by atoms with Crippen molar-refractivity contribution in [3.05, 3.63) is 94.5 Å². The summed E-state index contributed by atoms with van der Waals surface area (Å²) in [6.07, 6.45) is 0. The Morgan fingerprint density at radius 1 is 0.833 bits per heavy atom. The smallest absolute Gasteiger partial charge is 0.266 e. The van der Waals surface area contributed by atoms with Crippen molar-refractivity contribution in [2.75, 3.05) is 10.2 Å². The number of amides is 3. The first-order valence-corrected chi connectivity index (χ1v) is 9.08. The summed E-state index contributed by atoms with van der Waals surface area (Å²) in [5.74, 6) is -3.07. The van der Waals surface area contributed by atoms with Gasteiger partial charge in [0.25, 0.3) is 17.7 Å². The minimum absolute atomic E-state index is 0.0172. The lowest BCUT2D eigenvalue weighted by Crippen LogP contribution is -2.29. The van der Waals surface area contributed by atoms with Crippen molar-refractivity contribution in [2.24, 2.45) is 0 Å². The van der Waals surface area contributed by atoms with Gasteiger partial charge in [-0.25, -0.2) is 4.90 Å². The quantitative estimate of drug-likeness (QED) is 0.678. The van der Waals surface area contributed by atoms with Crippen LogP contribution in [-0.4, -0.2) is 23.7 Å². The van der Waals surface area contributed by atoms with E-state index in [2.05, 4.69) is 5.32 Å². The Kier molecular flexibility index (Phi) is 4.63. The lowest BCUT2D eigenvalue weighted by atomic mass is 10.1. The van der Waals surface area contributed by atoms with Crippen LogP contribution in [0.2, 0.25) is 0 Å². The summed E-state index contributed by atoms with van der Waals surface area (Å²) in [6, 6.07) is 17.0. The molecule has 1 N–H and O–H groups in total. The fourth-order valence-corrected chi connectivity index (χ4v) is 3.30. The Balaban J connectivity index is 1.65. The zero-order chi connectivity index (χ0) is 21.4. The largest absolute Gasteiger partial charge is 0.545 e. The number of benzene rings is 3. The Morgan fingerprint density at radius 2 is 1.57 bits per heavy atom. The number of rotatable bonds is 4. The molecule has 0 atom stereocenters. The number of imide groups is 1. The summed E-state index contributed by atoms with van der Waals surface area (Å²) in [5.41, 5.74) is 1.92. The second-order valence-corrected chi connectivity index (χ2v) is 6.81. The average Bonchev–Trinajstić information content (AvgIpc) is 2.99. The average molecular weight is 399 g/mol. The fourth-order valence-electron chi connectivity index (χ4n) is 3.30. The van der Waals surface area contributed by atoms with Gasteiger partial charge >= 0.3 is 0 Å². The normalized spacial score (nSPS) is 12.6. The van der Waals surface area contributed by atoms with Gasteiger partial charge in [0.15, 0.2) is 0 Å². The topological polar surface area (TPSA) is 107 Å². The molecule has 0 aromatic heterocycles. The molecule has 0 aliphatic carbocycles. The van der Waals surface area contributed by atoms with Gasteiger partial charge in [0.1, 0.15) is 0 Å². The minimum Gasteiger partial charge on any atom is -0.545 e. The Morgan fingerprint density at radius 3 is 2.30 bits per heavy atom. The van der Waals surface area contributed by atoms with Gasteiger partial charge in [-0.3, -0.25) is 14.4 Å². The predicted molar refractivity (Wildman–Crippen MR) is 107 cm³/mol. The number of aryl methyl sites for hydroxylation is 1. The van der Waals surface area contributed by atoms with Crippen LogP contribution in [0.3, 0.4) is 0 Å². The first-order chi connectivity index (χ1) is 14.4. The monoisotopic (exact) mass is 399 g/mol. The lowest BCUT2D eigenvalue weighted by Gasteiger charge is -2.15. The standard InChI is InChI=1S/C23H16N2O5/c1-13-5-2-3-8-19(13)24-20(26)14-6-4-7-16(11-14)25-21(27)17-10-9-15(23(29)30)12-18(17)22(25)28/h2-12H,1H3,(H,24,26)(H,29,30)/p-1. The highest BCUT2D eigenvalue weighted by molar-refractivity contribution is 6.34. The molecule has 30 heavy (non-hydrogen) atoms. The van der Waals surface area contributed by atoms with Crippen LogP contribution in [0.1, 0.15) is 47.0 Å². The number of nitrogens with one attached hydrogen (secondary N) is 1. The molecule has 4 rings (SSSR count). The van der Waals surface area contributed by atoms with Crippen LogP contribution in [0.5, 0.6) is 0 Å². The third-order valence-corrected chi connectivity index (χ3v) is 4.88. The van der Waals surface area contributed by atoms with Crippen LogP contribution in [0.25, 0.3) is 0 Å². The van der Waals surface area contributed by atoms with Gasteiger partial charge in [-0.15, -0.1) is 0 Å². The number of para-hydroxylation sites is 1. The molecule has 0 bridgehead atoms. The van der Waals surface area contributed by atoms with Crippen LogP contribution in [0.4, 0.5) is 11.4 Å². The number of carbonyl (C=O) groups is 4. The van der Waals surface area contributed by atoms with Gasteiger partial charge in [0.05, 0.1) is 22.8 Å². The predicted octanol–water partition coefficient (Wildman–Crippen LogP) is 2.41. The van der Waals surface area contributed by atoms with E-state index >= 15 is 0 Å². The maximum Gasteiger partial charge on any atom is 0.266 e. The summed E-state index contributed by atoms with van der Waals surface area (Å²) in [6.45, 7) is 1.87. The molecule has 3 amide bonds. The van der Waals surface area contributed by atoms with Crippen molar-refractivity contribution >= 4 is 35.1 Å². The molecular formula is C23H15N2O5-. The lowest BCUT2D eigenvalue weighted by molar-refractivity contribution is -0.255. The van der Waals surface area contributed by atoms with E-state index in [1.54, 1.807) is 24.3 Å². The van der Waals surface area contributed by atoms with Gasteiger partial charge in [-0.05, 0) is 54.4 Å². The summed E-state index contributed by atoms with van der Waals surface area (Å²) in [5, 5.41) is 13.9. The Bertz CT molecular complexity index is 1230. The van der Waals surface area contributed by atoms with Crippen LogP contribution in [0.15, 0.2) is 66.7 Å². The van der Waals surface area contributed by atoms with Gasteiger partial charge in [0.2, 0.25) is 0 Å². The molecule has 0 radical (unpaired) electrons. The highest BCUT2D eigenvalue weighted by atomic mass is 16.4. The first kappa shape index (κ1) is 19.1. The van der Waals surface area contributed by atoms with Gasteiger partial charge in [-0.1, -0.05) is 30.3 Å². The van der Waals surface area contributed by atoms with Crippen molar-refractivity contribution in [3.8, 4) is 0 Å². The summed E-state index contributed by atoms with van der Waals surface area (Å²) in [7, 11) is 0. The van der Waals surface area contributed by atoms with Gasteiger partial charge in [-0.2, -0.15) is 0 Å². The van der Waals surface area contributed by atoms with Gasteiger partial charge < -0.3 is 15.2 Å². The number of fused-ring (bicyclic) bond motifs is 1. The van der Waals surface area contributed by atoms with Crippen LogP contribution in [0, 0.1) is 6.92 Å². The molecule has 1 heterocycles. The molecular weight excluding hydrogens is 384 g/mol. The maximum atomic E-state index is 12.8. The maximum absolute atomic E-state index is 12.8. The fraction of sp³-hybridized carbons (Fsp3) is 0.0435. The van der Waals surface area contributed by atoms with Crippen molar-refractivity contribution < 1.29 is 24.3 Å². The van der Waals surface area contributed by atoms with E-state index in [0.29, 0.717) is 5.69 Å². The number of nitrogens with zero attached hydrogens (tertiary/aromatic N) is 1. The van der Waals surface area contributed by atoms with Crippen LogP contribution >= 0.6 is 0 Å². The zero-order valence-electron chi connectivity index (χ0n) is 15.8. The van der Waals surface area contributed by atoms with Gasteiger partial charge in [0, 0.05) is 11.3 Å². The molecule has 148 valence electrons. The third-order valence-electron chi connectivity index (χ3n) is 4.88. The number of carboxylic acids is 1. The molecule has 1 aliphatic heterocycles. The molecule has 0 unspecified atom stereocenters. The van der Waals surface area contributed by atoms with Crippen LogP contribution in [-0.2, 0) is 0 Å². The second-order valence-electron chi connectivity index (χ2n) is 6.81. The SMILES string of the molecule is Cc1ccccc1NC(=O)c1cccc(N2C(=O)c3ccc(C(=O)[O-])cc3C2=O)c1. The molecule has 7 nitrogen and oxygen atoms in total. The molecule has 0 saturated carbocycles. The summed E-state index contributed by atoms with van der Waals surface area (Å²) >= 11 is 0. The molecule has 0 spiro atoms. The van der Waals surface area contributed by atoms with E-state index < -0.39 is 17.8 Å². The van der Waals surface area contributed by atoms with E-state index in [0.717, 1.165) is 16.5 Å². The van der Waals surface area contributed by atoms with Crippen molar-refractivity contribution in [1.82, 2.24) is 0 Å².